The fourth-order valence-corrected chi connectivity index (χ4v) is 9.13. The monoisotopic (exact) mass is 957 g/mol. The highest BCUT2D eigenvalue weighted by Gasteiger charge is 2.19. The minimum absolute atomic E-state index is 0.0699. The zero-order chi connectivity index (χ0) is 49.3. The van der Waals surface area contributed by atoms with Crippen molar-refractivity contribution >= 4 is 17.9 Å². The lowest BCUT2D eigenvalue weighted by Crippen LogP contribution is -2.30. The van der Waals surface area contributed by atoms with Gasteiger partial charge < -0.3 is 14.2 Å². The average molecular weight is 958 g/mol. The molecule has 0 radical (unpaired) electrons. The number of hydrogen-bond donors (Lipinski definition) is 0. The van der Waals surface area contributed by atoms with Crippen LogP contribution in [0.15, 0.2) is 24.3 Å². The maximum absolute atomic E-state index is 12.9. The van der Waals surface area contributed by atoms with Gasteiger partial charge in [-0.3, -0.25) is 14.4 Å². The Morgan fingerprint density at radius 1 is 0.294 bits per heavy atom. The Morgan fingerprint density at radius 3 is 0.868 bits per heavy atom. The molecule has 0 fully saturated rings. The molecule has 0 aromatic heterocycles. The van der Waals surface area contributed by atoms with E-state index < -0.39 is 6.10 Å². The third kappa shape index (κ3) is 54.8. The fourth-order valence-electron chi connectivity index (χ4n) is 9.13. The van der Waals surface area contributed by atoms with E-state index in [0.717, 1.165) is 83.5 Å². The van der Waals surface area contributed by atoms with Gasteiger partial charge in [-0.25, -0.2) is 0 Å². The molecule has 0 saturated heterocycles. The summed E-state index contributed by atoms with van der Waals surface area (Å²) in [5.41, 5.74) is 0. The molecule has 6 heteroatoms. The van der Waals surface area contributed by atoms with Crippen molar-refractivity contribution in [3.63, 3.8) is 0 Å². The van der Waals surface area contributed by atoms with Crippen LogP contribution in [-0.4, -0.2) is 37.2 Å². The van der Waals surface area contributed by atoms with Gasteiger partial charge in [0, 0.05) is 19.3 Å². The summed E-state index contributed by atoms with van der Waals surface area (Å²) in [4.78, 5) is 38.2. The van der Waals surface area contributed by atoms with Crippen LogP contribution in [0.3, 0.4) is 0 Å². The van der Waals surface area contributed by atoms with Crippen molar-refractivity contribution in [3.05, 3.63) is 24.3 Å². The van der Waals surface area contributed by atoms with Crippen LogP contribution in [0.2, 0.25) is 0 Å². The van der Waals surface area contributed by atoms with Gasteiger partial charge in [0.2, 0.25) is 0 Å². The summed E-state index contributed by atoms with van der Waals surface area (Å²) in [5, 5.41) is 0. The highest BCUT2D eigenvalue weighted by molar-refractivity contribution is 5.71. The molecule has 0 aliphatic carbocycles. The van der Waals surface area contributed by atoms with E-state index in [1.807, 2.05) is 0 Å². The molecule has 0 aliphatic rings. The van der Waals surface area contributed by atoms with Crippen LogP contribution in [0.1, 0.15) is 335 Å². The molecule has 0 bridgehead atoms. The Morgan fingerprint density at radius 2 is 0.559 bits per heavy atom. The number of carbonyl (C=O) groups is 3. The molecule has 0 amide bonds. The molecule has 0 N–H and O–H groups in total. The second-order valence-corrected chi connectivity index (χ2v) is 20.6. The minimum Gasteiger partial charge on any atom is -0.462 e. The topological polar surface area (TPSA) is 78.9 Å². The Labute approximate surface area is 423 Å². The van der Waals surface area contributed by atoms with E-state index in [1.165, 1.54) is 212 Å². The molecule has 0 aromatic carbocycles. The van der Waals surface area contributed by atoms with Crippen LogP contribution in [0.25, 0.3) is 0 Å². The summed E-state index contributed by atoms with van der Waals surface area (Å²) in [6.07, 6.45) is 67.5. The number of carbonyl (C=O) groups excluding carboxylic acids is 3. The van der Waals surface area contributed by atoms with Gasteiger partial charge in [0.15, 0.2) is 6.10 Å². The smallest absolute Gasteiger partial charge is 0.306 e. The predicted octanol–water partition coefficient (Wildman–Crippen LogP) is 20.3. The van der Waals surface area contributed by atoms with E-state index in [1.54, 1.807) is 0 Å². The van der Waals surface area contributed by atoms with Gasteiger partial charge >= 0.3 is 17.9 Å². The molecular weight excluding hydrogens is 841 g/mol. The summed E-state index contributed by atoms with van der Waals surface area (Å²) >= 11 is 0. The third-order valence-electron chi connectivity index (χ3n) is 13.7. The molecule has 0 rings (SSSR count). The first-order valence-corrected chi connectivity index (χ1v) is 30.3. The lowest BCUT2D eigenvalue weighted by atomic mass is 10.0. The number of allylic oxidation sites excluding steroid dienone is 4. The Hall–Kier alpha value is -2.11. The molecular formula is C62H116O6. The van der Waals surface area contributed by atoms with E-state index in [0.29, 0.717) is 19.3 Å². The molecule has 0 spiro atoms. The Bertz CT molecular complexity index is 1100. The SMILES string of the molecule is CCC/C=C\C/C=C\CCCCCCCC(=O)OCC(COC(=O)CCCCCCCCCCCCCCCCCCCCCCCC)OC(=O)CCCCCCCCCCCCCCCCC. The lowest BCUT2D eigenvalue weighted by molar-refractivity contribution is -0.167. The van der Waals surface area contributed by atoms with Crippen LogP contribution in [0.4, 0.5) is 0 Å². The highest BCUT2D eigenvalue weighted by Crippen LogP contribution is 2.18. The molecule has 400 valence electrons. The maximum Gasteiger partial charge on any atom is 0.306 e. The first-order chi connectivity index (χ1) is 33.5. The van der Waals surface area contributed by atoms with Gasteiger partial charge in [-0.2, -0.15) is 0 Å². The standard InChI is InChI=1S/C62H116O6/c1-4-7-10-13-16-19-22-25-27-28-29-30-31-32-33-35-37-40-43-46-49-52-55-61(64)67-58-59(57-66-60(63)54-51-48-45-42-39-36-24-21-18-15-12-9-6-3)68-62(65)56-53-50-47-44-41-38-34-26-23-20-17-14-11-8-5-2/h12,15,21,24,59H,4-11,13-14,16-20,22-23,25-58H2,1-3H3/b15-12-,24-21-. The Balaban J connectivity index is 4.25. The van der Waals surface area contributed by atoms with Crippen LogP contribution in [0, 0.1) is 0 Å². The van der Waals surface area contributed by atoms with Crippen LogP contribution < -0.4 is 0 Å². The first-order valence-electron chi connectivity index (χ1n) is 30.3. The first kappa shape index (κ1) is 65.9. The van der Waals surface area contributed by atoms with Crippen LogP contribution in [0.5, 0.6) is 0 Å². The summed E-state index contributed by atoms with van der Waals surface area (Å²) in [6.45, 7) is 6.62. The summed E-state index contributed by atoms with van der Waals surface area (Å²) in [7, 11) is 0. The van der Waals surface area contributed by atoms with Crippen molar-refractivity contribution in [2.75, 3.05) is 13.2 Å². The summed E-state index contributed by atoms with van der Waals surface area (Å²) in [6, 6.07) is 0. The zero-order valence-corrected chi connectivity index (χ0v) is 45.9. The predicted molar refractivity (Wildman–Crippen MR) is 293 cm³/mol. The molecule has 1 unspecified atom stereocenters. The molecule has 0 saturated carbocycles. The second-order valence-electron chi connectivity index (χ2n) is 20.6. The zero-order valence-electron chi connectivity index (χ0n) is 45.9. The van der Waals surface area contributed by atoms with Gasteiger partial charge in [-0.1, -0.05) is 295 Å². The molecule has 1 atom stereocenters. The Kier molecular flexibility index (Phi) is 55.7. The number of hydrogen-bond acceptors (Lipinski definition) is 6. The summed E-state index contributed by atoms with van der Waals surface area (Å²) in [5.74, 6) is -0.861. The number of unbranched alkanes of at least 4 members (excludes halogenated alkanes) is 41. The molecule has 6 nitrogen and oxygen atoms in total. The van der Waals surface area contributed by atoms with Gasteiger partial charge in [-0.05, 0) is 44.9 Å². The highest BCUT2D eigenvalue weighted by atomic mass is 16.6. The van der Waals surface area contributed by atoms with Crippen molar-refractivity contribution in [1.82, 2.24) is 0 Å². The van der Waals surface area contributed by atoms with Gasteiger partial charge in [0.1, 0.15) is 13.2 Å². The van der Waals surface area contributed by atoms with Crippen molar-refractivity contribution in [3.8, 4) is 0 Å². The number of ether oxygens (including phenoxy) is 3. The van der Waals surface area contributed by atoms with Gasteiger partial charge in [0.25, 0.3) is 0 Å². The van der Waals surface area contributed by atoms with Crippen molar-refractivity contribution in [2.24, 2.45) is 0 Å². The van der Waals surface area contributed by atoms with E-state index in [-0.39, 0.29) is 31.1 Å². The van der Waals surface area contributed by atoms with Crippen molar-refractivity contribution in [1.29, 1.82) is 0 Å². The largest absolute Gasteiger partial charge is 0.462 e. The second kappa shape index (κ2) is 57.5. The quantitative estimate of drug-likeness (QED) is 0.0262. The minimum atomic E-state index is -0.772. The average Bonchev–Trinajstić information content (AvgIpc) is 3.34. The van der Waals surface area contributed by atoms with E-state index >= 15 is 0 Å². The van der Waals surface area contributed by atoms with Crippen LogP contribution >= 0.6 is 0 Å². The third-order valence-corrected chi connectivity index (χ3v) is 13.7. The van der Waals surface area contributed by atoms with Gasteiger partial charge in [-0.15, -0.1) is 0 Å². The van der Waals surface area contributed by atoms with E-state index in [4.69, 9.17) is 14.2 Å². The van der Waals surface area contributed by atoms with Crippen molar-refractivity contribution in [2.45, 2.75) is 341 Å². The molecule has 0 aliphatic heterocycles. The van der Waals surface area contributed by atoms with E-state index in [2.05, 4.69) is 45.1 Å². The maximum atomic E-state index is 12.9. The molecule has 0 aromatic rings. The van der Waals surface area contributed by atoms with Gasteiger partial charge in [0.05, 0.1) is 0 Å². The van der Waals surface area contributed by atoms with Crippen LogP contribution in [-0.2, 0) is 28.6 Å². The number of esters is 3. The summed E-state index contributed by atoms with van der Waals surface area (Å²) < 4.78 is 16.9. The van der Waals surface area contributed by atoms with E-state index in [9.17, 15) is 14.4 Å². The molecule has 68 heavy (non-hydrogen) atoms. The normalized spacial score (nSPS) is 12.1. The van der Waals surface area contributed by atoms with Crippen molar-refractivity contribution < 1.29 is 28.6 Å². The number of rotatable bonds is 56. The fraction of sp³-hybridized carbons (Fsp3) is 0.887. The molecule has 0 heterocycles. The lowest BCUT2D eigenvalue weighted by Gasteiger charge is -2.18.